The summed E-state index contributed by atoms with van der Waals surface area (Å²) in [5.41, 5.74) is 1.51. The maximum atomic E-state index is 12.1. The molecular weight excluding hydrogens is 314 g/mol. The number of ether oxygens (including phenoxy) is 1. The van der Waals surface area contributed by atoms with E-state index < -0.39 is 10.0 Å². The molecule has 0 bridgehead atoms. The van der Waals surface area contributed by atoms with E-state index in [1.165, 1.54) is 0 Å². The molecule has 0 heterocycles. The fourth-order valence-corrected chi connectivity index (χ4v) is 3.05. The smallest absolute Gasteiger partial charge is 0.240 e. The summed E-state index contributed by atoms with van der Waals surface area (Å²) in [5.74, 6) is 0.542. The molecule has 2 aromatic carbocycles. The zero-order valence-electron chi connectivity index (χ0n) is 13.1. The van der Waals surface area contributed by atoms with Gasteiger partial charge in [-0.15, -0.1) is 0 Å². The van der Waals surface area contributed by atoms with Gasteiger partial charge in [-0.1, -0.05) is 17.7 Å². The Kier molecular flexibility index (Phi) is 5.52. The van der Waals surface area contributed by atoms with Crippen molar-refractivity contribution in [2.75, 3.05) is 13.7 Å². The van der Waals surface area contributed by atoms with Crippen LogP contribution >= 0.6 is 0 Å². The Morgan fingerprint density at radius 3 is 2.22 bits per heavy atom. The molecule has 0 fully saturated rings. The fraction of sp³-hybridized carbons (Fsp3) is 0.235. The molecule has 0 saturated heterocycles. The van der Waals surface area contributed by atoms with Crippen LogP contribution in [0.2, 0.25) is 0 Å². The van der Waals surface area contributed by atoms with Gasteiger partial charge in [0, 0.05) is 18.5 Å². The zero-order chi connectivity index (χ0) is 16.9. The third-order valence-electron chi connectivity index (χ3n) is 3.39. The molecule has 0 unspecified atom stereocenters. The topological polar surface area (TPSA) is 72.5 Å². The Balaban J connectivity index is 1.92. The number of Topliss-reactive ketones (excluding diaryl/α,β-unsaturated/α-hetero) is 1. The number of rotatable bonds is 7. The van der Waals surface area contributed by atoms with E-state index in [0.717, 1.165) is 5.56 Å². The van der Waals surface area contributed by atoms with Crippen molar-refractivity contribution in [1.29, 1.82) is 0 Å². The first-order valence-corrected chi connectivity index (χ1v) is 8.64. The molecule has 5 nitrogen and oxygen atoms in total. The van der Waals surface area contributed by atoms with Gasteiger partial charge in [0.1, 0.15) is 5.75 Å². The van der Waals surface area contributed by atoms with Crippen molar-refractivity contribution in [1.82, 2.24) is 4.72 Å². The number of carbonyl (C=O) groups excluding carboxylic acids is 1. The molecule has 0 amide bonds. The predicted octanol–water partition coefficient (Wildman–Crippen LogP) is 2.55. The molecule has 0 aromatic heterocycles. The van der Waals surface area contributed by atoms with Crippen molar-refractivity contribution in [3.63, 3.8) is 0 Å². The highest BCUT2D eigenvalue weighted by Gasteiger charge is 2.14. The first kappa shape index (κ1) is 17.2. The van der Waals surface area contributed by atoms with E-state index in [2.05, 4.69) is 4.72 Å². The molecule has 0 saturated carbocycles. The van der Waals surface area contributed by atoms with Gasteiger partial charge in [-0.3, -0.25) is 4.79 Å². The Morgan fingerprint density at radius 1 is 1.04 bits per heavy atom. The van der Waals surface area contributed by atoms with E-state index >= 15 is 0 Å². The lowest BCUT2D eigenvalue weighted by molar-refractivity contribution is 0.0984. The number of ketones is 1. The van der Waals surface area contributed by atoms with Gasteiger partial charge in [-0.2, -0.15) is 0 Å². The van der Waals surface area contributed by atoms with Crippen LogP contribution in [0.3, 0.4) is 0 Å². The van der Waals surface area contributed by atoms with Crippen LogP contribution in [-0.4, -0.2) is 27.9 Å². The molecule has 0 aliphatic heterocycles. The summed E-state index contributed by atoms with van der Waals surface area (Å²) in [6.45, 7) is 1.94. The summed E-state index contributed by atoms with van der Waals surface area (Å²) in [4.78, 5) is 12.2. The lowest BCUT2D eigenvalue weighted by Gasteiger charge is -2.07. The SMILES string of the molecule is COc1ccc(C(=O)CCNS(=O)(=O)c2ccc(C)cc2)cc1. The van der Waals surface area contributed by atoms with E-state index in [-0.39, 0.29) is 23.6 Å². The number of sulfonamides is 1. The van der Waals surface area contributed by atoms with E-state index in [0.29, 0.717) is 11.3 Å². The monoisotopic (exact) mass is 333 g/mol. The van der Waals surface area contributed by atoms with Gasteiger partial charge in [0.15, 0.2) is 5.78 Å². The number of carbonyl (C=O) groups is 1. The van der Waals surface area contributed by atoms with Crippen LogP contribution in [0, 0.1) is 6.92 Å². The number of hydrogen-bond donors (Lipinski definition) is 1. The van der Waals surface area contributed by atoms with Crippen molar-refractivity contribution in [3.8, 4) is 5.75 Å². The maximum absolute atomic E-state index is 12.1. The molecule has 122 valence electrons. The second kappa shape index (κ2) is 7.39. The summed E-state index contributed by atoms with van der Waals surface area (Å²) in [5, 5.41) is 0. The number of nitrogens with one attached hydrogen (secondary N) is 1. The Bertz CT molecular complexity index is 765. The summed E-state index contributed by atoms with van der Waals surface area (Å²) >= 11 is 0. The average Bonchev–Trinajstić information content (AvgIpc) is 2.55. The second-order valence-corrected chi connectivity index (χ2v) is 6.88. The van der Waals surface area contributed by atoms with Crippen molar-refractivity contribution >= 4 is 15.8 Å². The molecule has 0 aliphatic carbocycles. The minimum Gasteiger partial charge on any atom is -0.497 e. The first-order valence-electron chi connectivity index (χ1n) is 7.16. The minimum atomic E-state index is -3.59. The van der Waals surface area contributed by atoms with E-state index in [4.69, 9.17) is 4.74 Å². The van der Waals surface area contributed by atoms with Gasteiger partial charge < -0.3 is 4.74 Å². The van der Waals surface area contributed by atoms with Crippen molar-refractivity contribution in [2.24, 2.45) is 0 Å². The lowest BCUT2D eigenvalue weighted by atomic mass is 10.1. The van der Waals surface area contributed by atoms with Crippen LogP contribution < -0.4 is 9.46 Å². The summed E-state index contributed by atoms with van der Waals surface area (Å²) in [7, 11) is -2.04. The summed E-state index contributed by atoms with van der Waals surface area (Å²) in [6, 6.07) is 13.3. The van der Waals surface area contributed by atoms with Crippen LogP contribution in [-0.2, 0) is 10.0 Å². The normalized spacial score (nSPS) is 11.2. The number of benzene rings is 2. The summed E-state index contributed by atoms with van der Waals surface area (Å²) < 4.78 is 31.7. The highest BCUT2D eigenvalue weighted by molar-refractivity contribution is 7.89. The fourth-order valence-electron chi connectivity index (χ4n) is 2.02. The standard InChI is InChI=1S/C17H19NO4S/c1-13-3-9-16(10-4-13)23(20,21)18-12-11-17(19)14-5-7-15(22-2)8-6-14/h3-10,18H,11-12H2,1-2H3. The average molecular weight is 333 g/mol. The predicted molar refractivity (Wildman–Crippen MR) is 88.3 cm³/mol. The molecular formula is C17H19NO4S. The quantitative estimate of drug-likeness (QED) is 0.791. The second-order valence-electron chi connectivity index (χ2n) is 5.11. The van der Waals surface area contributed by atoms with Gasteiger partial charge in [-0.05, 0) is 43.3 Å². The molecule has 0 spiro atoms. The van der Waals surface area contributed by atoms with E-state index in [1.54, 1.807) is 55.6 Å². The number of hydrogen-bond acceptors (Lipinski definition) is 4. The van der Waals surface area contributed by atoms with Gasteiger partial charge in [0.05, 0.1) is 12.0 Å². The van der Waals surface area contributed by atoms with Crippen LogP contribution in [0.4, 0.5) is 0 Å². The van der Waals surface area contributed by atoms with Gasteiger partial charge in [0.25, 0.3) is 0 Å². The van der Waals surface area contributed by atoms with Gasteiger partial charge >= 0.3 is 0 Å². The Morgan fingerprint density at radius 2 is 1.65 bits per heavy atom. The molecule has 2 aromatic rings. The molecule has 0 atom stereocenters. The highest BCUT2D eigenvalue weighted by atomic mass is 32.2. The lowest BCUT2D eigenvalue weighted by Crippen LogP contribution is -2.26. The van der Waals surface area contributed by atoms with Crippen molar-refractivity contribution in [3.05, 3.63) is 59.7 Å². The Labute approximate surface area is 136 Å². The zero-order valence-corrected chi connectivity index (χ0v) is 13.9. The third-order valence-corrected chi connectivity index (χ3v) is 4.86. The van der Waals surface area contributed by atoms with Crippen molar-refractivity contribution < 1.29 is 17.9 Å². The first-order chi connectivity index (χ1) is 10.9. The third kappa shape index (κ3) is 4.64. The molecule has 6 heteroatoms. The molecule has 1 N–H and O–H groups in total. The highest BCUT2D eigenvalue weighted by Crippen LogP contribution is 2.13. The molecule has 0 aliphatic rings. The number of aryl methyl sites for hydroxylation is 1. The van der Waals surface area contributed by atoms with Crippen molar-refractivity contribution in [2.45, 2.75) is 18.2 Å². The van der Waals surface area contributed by atoms with E-state index in [1.807, 2.05) is 6.92 Å². The largest absolute Gasteiger partial charge is 0.497 e. The van der Waals surface area contributed by atoms with Gasteiger partial charge in [-0.25, -0.2) is 13.1 Å². The molecule has 0 radical (unpaired) electrons. The van der Waals surface area contributed by atoms with Gasteiger partial charge in [0.2, 0.25) is 10.0 Å². The minimum absolute atomic E-state index is 0.0566. The summed E-state index contributed by atoms with van der Waals surface area (Å²) in [6.07, 6.45) is 0.0947. The number of methoxy groups -OCH3 is 1. The molecule has 23 heavy (non-hydrogen) atoms. The van der Waals surface area contributed by atoms with Crippen LogP contribution in [0.25, 0.3) is 0 Å². The molecule has 2 rings (SSSR count). The van der Waals surface area contributed by atoms with Crippen LogP contribution in [0.5, 0.6) is 5.75 Å². The van der Waals surface area contributed by atoms with Crippen LogP contribution in [0.15, 0.2) is 53.4 Å². The Hall–Kier alpha value is -2.18. The van der Waals surface area contributed by atoms with Crippen LogP contribution in [0.1, 0.15) is 22.3 Å². The van der Waals surface area contributed by atoms with E-state index in [9.17, 15) is 13.2 Å². The maximum Gasteiger partial charge on any atom is 0.240 e.